The Bertz CT molecular complexity index is 1020. The van der Waals surface area contributed by atoms with Crippen molar-refractivity contribution in [3.63, 3.8) is 0 Å². The topological polar surface area (TPSA) is 62.7 Å². The number of aromatic nitrogens is 1. The van der Waals surface area contributed by atoms with Crippen molar-refractivity contribution in [2.24, 2.45) is 11.8 Å². The lowest BCUT2D eigenvalue weighted by Crippen LogP contribution is -2.44. The van der Waals surface area contributed by atoms with E-state index in [1.165, 1.54) is 16.9 Å². The quantitative estimate of drug-likeness (QED) is 0.729. The molecular weight excluding hydrogens is 386 g/mol. The van der Waals surface area contributed by atoms with Crippen LogP contribution < -0.4 is 4.90 Å². The number of ether oxygens (including phenoxy) is 1. The Labute approximate surface area is 173 Å². The first kappa shape index (κ1) is 18.5. The van der Waals surface area contributed by atoms with Crippen LogP contribution in [0.5, 0.6) is 0 Å². The van der Waals surface area contributed by atoms with E-state index < -0.39 is 17.4 Å². The molecule has 6 nitrogen and oxygen atoms in total. The first-order valence-electron chi connectivity index (χ1n) is 9.79. The highest BCUT2D eigenvalue weighted by molar-refractivity contribution is 7.09. The molecule has 2 fully saturated rings. The molecular formula is C22H23N3O3S. The highest BCUT2D eigenvalue weighted by Crippen LogP contribution is 2.53. The lowest BCUT2D eigenvalue weighted by atomic mass is 9.76. The summed E-state index contributed by atoms with van der Waals surface area (Å²) >= 11 is 1.52. The van der Waals surface area contributed by atoms with E-state index in [-0.39, 0.29) is 17.9 Å². The molecule has 2 saturated heterocycles. The van der Waals surface area contributed by atoms with Crippen LogP contribution in [0.25, 0.3) is 0 Å². The fourth-order valence-electron chi connectivity index (χ4n) is 4.76. The van der Waals surface area contributed by atoms with Crippen molar-refractivity contribution >= 4 is 28.8 Å². The number of hydrogen-bond donors (Lipinski definition) is 0. The van der Waals surface area contributed by atoms with Crippen LogP contribution in [0.2, 0.25) is 0 Å². The summed E-state index contributed by atoms with van der Waals surface area (Å²) in [6.07, 6.45) is 5.34. The zero-order valence-corrected chi connectivity index (χ0v) is 17.5. The lowest BCUT2D eigenvalue weighted by Gasteiger charge is -2.27. The first-order valence-corrected chi connectivity index (χ1v) is 10.7. The first-order chi connectivity index (χ1) is 13.9. The molecule has 4 heterocycles. The van der Waals surface area contributed by atoms with E-state index in [1.807, 2.05) is 42.7 Å². The minimum absolute atomic E-state index is 0.0268. The molecule has 4 atom stereocenters. The van der Waals surface area contributed by atoms with Gasteiger partial charge >= 0.3 is 0 Å². The third-order valence-electron chi connectivity index (χ3n) is 6.42. The average Bonchev–Trinajstić information content (AvgIpc) is 3.46. The van der Waals surface area contributed by atoms with Crippen LogP contribution in [0.3, 0.4) is 0 Å². The second-order valence-corrected chi connectivity index (χ2v) is 9.19. The predicted octanol–water partition coefficient (Wildman–Crippen LogP) is 2.70. The van der Waals surface area contributed by atoms with Crippen molar-refractivity contribution in [1.29, 1.82) is 0 Å². The van der Waals surface area contributed by atoms with Gasteiger partial charge in [0.1, 0.15) is 10.6 Å². The Morgan fingerprint density at radius 1 is 1.38 bits per heavy atom. The van der Waals surface area contributed by atoms with E-state index in [1.54, 1.807) is 23.0 Å². The molecule has 1 aromatic carbocycles. The van der Waals surface area contributed by atoms with Crippen molar-refractivity contribution in [2.45, 2.75) is 32.1 Å². The Morgan fingerprint density at radius 2 is 2.21 bits per heavy atom. The molecule has 0 saturated carbocycles. The van der Waals surface area contributed by atoms with Crippen LogP contribution in [-0.4, -0.2) is 47.0 Å². The molecule has 5 rings (SSSR count). The summed E-state index contributed by atoms with van der Waals surface area (Å²) in [5, 5.41) is 2.78. The van der Waals surface area contributed by atoms with Crippen molar-refractivity contribution in [1.82, 2.24) is 9.88 Å². The van der Waals surface area contributed by atoms with Crippen LogP contribution in [-0.2, 0) is 20.9 Å². The molecule has 1 spiro atoms. The van der Waals surface area contributed by atoms with E-state index in [0.29, 0.717) is 13.1 Å². The summed E-state index contributed by atoms with van der Waals surface area (Å²) in [6.45, 7) is 4.99. The van der Waals surface area contributed by atoms with Crippen molar-refractivity contribution in [3.05, 3.63) is 58.1 Å². The van der Waals surface area contributed by atoms with E-state index in [2.05, 4.69) is 11.9 Å². The smallest absolute Gasteiger partial charge is 0.234 e. The van der Waals surface area contributed by atoms with E-state index in [0.717, 1.165) is 16.3 Å². The van der Waals surface area contributed by atoms with E-state index >= 15 is 0 Å². The highest BCUT2D eigenvalue weighted by atomic mass is 32.1. The molecule has 29 heavy (non-hydrogen) atoms. The lowest BCUT2D eigenvalue weighted by molar-refractivity contribution is -0.139. The molecule has 0 N–H and O–H groups in total. The van der Waals surface area contributed by atoms with Crippen LogP contribution in [0.1, 0.15) is 16.1 Å². The van der Waals surface area contributed by atoms with Crippen LogP contribution in [0.15, 0.2) is 41.9 Å². The van der Waals surface area contributed by atoms with Crippen LogP contribution in [0.4, 0.5) is 5.69 Å². The molecule has 150 valence electrons. The number of aryl methyl sites for hydroxylation is 2. The SMILES string of the molecule is Cc1ccc(N2C[C@@]34C=C[C@@H](O3)C(C(=O)N(C)Cc3nccs3)C4C2=O)cc1C. The molecule has 0 aliphatic carbocycles. The van der Waals surface area contributed by atoms with Gasteiger partial charge in [-0.15, -0.1) is 11.3 Å². The van der Waals surface area contributed by atoms with Gasteiger partial charge in [0.2, 0.25) is 11.8 Å². The van der Waals surface area contributed by atoms with Gasteiger partial charge in [-0.05, 0) is 37.1 Å². The maximum atomic E-state index is 13.5. The third-order valence-corrected chi connectivity index (χ3v) is 7.18. The zero-order valence-electron chi connectivity index (χ0n) is 16.7. The van der Waals surface area contributed by atoms with Gasteiger partial charge in [-0.25, -0.2) is 4.98 Å². The Morgan fingerprint density at radius 3 is 2.93 bits per heavy atom. The second kappa shape index (κ2) is 6.50. The Balaban J connectivity index is 1.43. The molecule has 2 aromatic rings. The maximum absolute atomic E-state index is 13.5. The van der Waals surface area contributed by atoms with Crippen LogP contribution >= 0.6 is 11.3 Å². The molecule has 2 unspecified atom stereocenters. The van der Waals surface area contributed by atoms with Gasteiger partial charge in [0.25, 0.3) is 0 Å². The normalized spacial score (nSPS) is 29.6. The number of nitrogens with zero attached hydrogens (tertiary/aromatic N) is 3. The van der Waals surface area contributed by atoms with Crippen molar-refractivity contribution in [2.75, 3.05) is 18.5 Å². The summed E-state index contributed by atoms with van der Waals surface area (Å²) in [6, 6.07) is 6.04. The zero-order chi connectivity index (χ0) is 20.3. The number of rotatable bonds is 4. The van der Waals surface area contributed by atoms with Crippen molar-refractivity contribution in [3.8, 4) is 0 Å². The molecule has 2 amide bonds. The minimum atomic E-state index is -0.705. The van der Waals surface area contributed by atoms with Gasteiger partial charge in [0, 0.05) is 24.3 Å². The van der Waals surface area contributed by atoms with Gasteiger partial charge in [0.15, 0.2) is 0 Å². The highest BCUT2D eigenvalue weighted by Gasteiger charge is 2.67. The van der Waals surface area contributed by atoms with Crippen LogP contribution in [0, 0.1) is 25.7 Å². The monoisotopic (exact) mass is 409 g/mol. The largest absolute Gasteiger partial charge is 0.360 e. The number of carbonyl (C=O) groups is 2. The number of thiazole rings is 1. The number of fused-ring (bicyclic) bond motifs is 1. The fourth-order valence-corrected chi connectivity index (χ4v) is 5.43. The maximum Gasteiger partial charge on any atom is 0.234 e. The second-order valence-electron chi connectivity index (χ2n) is 8.21. The summed E-state index contributed by atoms with van der Waals surface area (Å²) in [5.41, 5.74) is 2.49. The van der Waals surface area contributed by atoms with E-state index in [4.69, 9.17) is 4.74 Å². The number of hydrogen-bond acceptors (Lipinski definition) is 5. The molecule has 3 aliphatic rings. The summed E-state index contributed by atoms with van der Waals surface area (Å²) in [5.74, 6) is -1.06. The summed E-state index contributed by atoms with van der Waals surface area (Å²) < 4.78 is 6.24. The Hall–Kier alpha value is -2.51. The number of amides is 2. The molecule has 7 heteroatoms. The average molecular weight is 410 g/mol. The predicted molar refractivity (Wildman–Crippen MR) is 111 cm³/mol. The van der Waals surface area contributed by atoms with Gasteiger partial charge in [-0.2, -0.15) is 0 Å². The van der Waals surface area contributed by atoms with Gasteiger partial charge < -0.3 is 14.5 Å². The number of anilines is 1. The Kier molecular flexibility index (Phi) is 4.15. The van der Waals surface area contributed by atoms with E-state index in [9.17, 15) is 9.59 Å². The standard InChI is InChI=1S/C22H23N3O3S/c1-13-4-5-15(10-14(13)2)25-12-22-7-6-16(28-22)18(19(22)21(25)27)20(26)24(3)11-17-23-8-9-29-17/h4-10,16,18-19H,11-12H2,1-3H3/t16-,18?,19?,22-/m1/s1. The van der Waals surface area contributed by atoms with Gasteiger partial charge in [0.05, 0.1) is 31.0 Å². The molecule has 0 radical (unpaired) electrons. The molecule has 1 aromatic heterocycles. The van der Waals surface area contributed by atoms with Gasteiger partial charge in [-0.1, -0.05) is 18.2 Å². The number of carbonyl (C=O) groups excluding carboxylic acids is 2. The summed E-state index contributed by atoms with van der Waals surface area (Å²) in [7, 11) is 1.77. The summed E-state index contributed by atoms with van der Waals surface area (Å²) in [4.78, 5) is 34.5. The van der Waals surface area contributed by atoms with Crippen molar-refractivity contribution < 1.29 is 14.3 Å². The van der Waals surface area contributed by atoms with Gasteiger partial charge in [-0.3, -0.25) is 9.59 Å². The third kappa shape index (κ3) is 2.75. The minimum Gasteiger partial charge on any atom is -0.360 e. The fraction of sp³-hybridized carbons (Fsp3) is 0.409. The molecule has 2 bridgehead atoms. The number of benzene rings is 1. The molecule has 3 aliphatic heterocycles.